The molecule has 0 aromatic heterocycles. The fourth-order valence-corrected chi connectivity index (χ4v) is 9.33. The predicted octanol–water partition coefficient (Wildman–Crippen LogP) is 7.43. The molecule has 4 aliphatic rings. The Labute approximate surface area is 185 Å². The van der Waals surface area contributed by atoms with E-state index in [1.165, 1.54) is 51.4 Å². The Hall–Kier alpha value is -0.810. The van der Waals surface area contributed by atoms with Crippen LogP contribution in [0.15, 0.2) is 11.1 Å². The van der Waals surface area contributed by atoms with Crippen LogP contribution in [0.25, 0.3) is 0 Å². The van der Waals surface area contributed by atoms with E-state index in [4.69, 9.17) is 5.26 Å². The fourth-order valence-electron chi connectivity index (χ4n) is 9.33. The highest BCUT2D eigenvalue weighted by Gasteiger charge is 2.63. The van der Waals surface area contributed by atoms with E-state index < -0.39 is 0 Å². The van der Waals surface area contributed by atoms with Gasteiger partial charge in [-0.1, -0.05) is 52.7 Å². The van der Waals surface area contributed by atoms with E-state index >= 15 is 0 Å². The minimum Gasteiger partial charge on any atom is -0.393 e. The van der Waals surface area contributed by atoms with Gasteiger partial charge in [-0.15, -0.1) is 0 Å². The summed E-state index contributed by atoms with van der Waals surface area (Å²) in [4.78, 5) is 0. The Morgan fingerprint density at radius 3 is 2.43 bits per heavy atom. The molecule has 0 radical (unpaired) electrons. The number of rotatable bonds is 4. The van der Waals surface area contributed by atoms with Gasteiger partial charge in [-0.05, 0) is 104 Å². The van der Waals surface area contributed by atoms with Crippen LogP contribution in [0, 0.1) is 50.7 Å². The van der Waals surface area contributed by atoms with E-state index in [0.717, 1.165) is 24.7 Å². The van der Waals surface area contributed by atoms with Gasteiger partial charge >= 0.3 is 0 Å². The average Bonchev–Trinajstić information content (AvgIpc) is 2.97. The van der Waals surface area contributed by atoms with E-state index in [2.05, 4.69) is 47.6 Å². The van der Waals surface area contributed by atoms with Crippen LogP contribution < -0.4 is 0 Å². The molecule has 4 aliphatic carbocycles. The summed E-state index contributed by atoms with van der Waals surface area (Å²) in [5.74, 6) is 2.14. The summed E-state index contributed by atoms with van der Waals surface area (Å²) < 4.78 is 0. The minimum atomic E-state index is -0.146. The lowest BCUT2D eigenvalue weighted by molar-refractivity contribution is -0.0962. The maximum atomic E-state index is 10.8. The highest BCUT2D eigenvalue weighted by Crippen LogP contribution is 2.72. The first-order valence-electron chi connectivity index (χ1n) is 12.8. The minimum absolute atomic E-state index is 0.0284. The summed E-state index contributed by atoms with van der Waals surface area (Å²) in [6.45, 7) is 14.9. The SMILES string of the molecule is C[C@H](CCCC#N)[C@H]1CC[C@@]2(C)C3=C(CC[C@]12C)[C@@]1(C)CC[C@H](O)C(C)(C)[C@@H]1CC3. The third-order valence-electron chi connectivity index (χ3n) is 11.4. The number of nitriles is 1. The fraction of sp³-hybridized carbons (Fsp3) is 0.893. The average molecular weight is 412 g/mol. The smallest absolute Gasteiger partial charge is 0.0621 e. The van der Waals surface area contributed by atoms with Crippen molar-refractivity contribution < 1.29 is 5.11 Å². The van der Waals surface area contributed by atoms with Gasteiger partial charge in [0.1, 0.15) is 0 Å². The molecule has 30 heavy (non-hydrogen) atoms. The molecule has 0 aromatic carbocycles. The highest BCUT2D eigenvalue weighted by atomic mass is 16.3. The summed E-state index contributed by atoms with van der Waals surface area (Å²) in [5, 5.41) is 19.7. The molecule has 7 atom stereocenters. The molecule has 0 saturated heterocycles. The van der Waals surface area contributed by atoms with Crippen molar-refractivity contribution in [1.82, 2.24) is 0 Å². The van der Waals surface area contributed by atoms with E-state index in [1.54, 1.807) is 0 Å². The lowest BCUT2D eigenvalue weighted by Gasteiger charge is -2.62. The van der Waals surface area contributed by atoms with Crippen LogP contribution in [0.3, 0.4) is 0 Å². The van der Waals surface area contributed by atoms with Gasteiger partial charge in [0, 0.05) is 6.42 Å². The summed E-state index contributed by atoms with van der Waals surface area (Å²) in [6.07, 6.45) is 12.8. The van der Waals surface area contributed by atoms with Crippen LogP contribution in [-0.4, -0.2) is 11.2 Å². The lowest BCUT2D eigenvalue weighted by atomic mass is 9.43. The van der Waals surface area contributed by atoms with Crippen molar-refractivity contribution in [3.05, 3.63) is 11.1 Å². The second-order valence-corrected chi connectivity index (χ2v) is 12.8. The van der Waals surface area contributed by atoms with Crippen molar-refractivity contribution in [2.24, 2.45) is 39.4 Å². The summed E-state index contributed by atoms with van der Waals surface area (Å²) in [5.41, 5.74) is 4.73. The maximum absolute atomic E-state index is 10.8. The topological polar surface area (TPSA) is 44.0 Å². The first-order valence-corrected chi connectivity index (χ1v) is 12.8. The number of unbranched alkanes of at least 4 members (excludes halogenated alkanes) is 1. The summed E-state index contributed by atoms with van der Waals surface area (Å²) >= 11 is 0. The zero-order chi connectivity index (χ0) is 21.9. The number of aliphatic hydroxyl groups is 1. The molecule has 1 N–H and O–H groups in total. The Morgan fingerprint density at radius 2 is 1.73 bits per heavy atom. The van der Waals surface area contributed by atoms with Crippen molar-refractivity contribution >= 4 is 0 Å². The first-order chi connectivity index (χ1) is 14.0. The standard InChI is InChI=1S/C28H45NO/c1-19(9-7-8-18-29)20-12-16-28(6)22-10-11-23-25(2,3)24(30)14-15-26(23,4)21(22)13-17-27(20,28)5/h19-20,23-24,30H,7-17H2,1-6H3/t19-,20-,23+,24+,26-,27-,28+/m1/s1. The molecule has 0 aromatic rings. The van der Waals surface area contributed by atoms with E-state index in [-0.39, 0.29) is 16.9 Å². The molecular formula is C28H45NO. The number of allylic oxidation sites excluding steroid dienone is 2. The molecule has 4 rings (SSSR count). The normalized spacial score (nSPS) is 45.9. The Kier molecular flexibility index (Phi) is 5.50. The van der Waals surface area contributed by atoms with Gasteiger partial charge in [-0.2, -0.15) is 5.26 Å². The number of hydrogen-bond donors (Lipinski definition) is 1. The number of nitrogens with zero attached hydrogens (tertiary/aromatic N) is 1. The molecule has 0 aliphatic heterocycles. The third-order valence-corrected chi connectivity index (χ3v) is 11.4. The quantitative estimate of drug-likeness (QED) is 0.386. The molecule has 0 bridgehead atoms. The summed E-state index contributed by atoms with van der Waals surface area (Å²) in [7, 11) is 0. The van der Waals surface area contributed by atoms with Crippen LogP contribution in [0.2, 0.25) is 0 Å². The van der Waals surface area contributed by atoms with E-state index in [0.29, 0.717) is 23.2 Å². The lowest BCUT2D eigenvalue weighted by Crippen LogP contribution is -2.55. The molecular weight excluding hydrogens is 366 g/mol. The first kappa shape index (κ1) is 22.4. The maximum Gasteiger partial charge on any atom is 0.0621 e. The van der Waals surface area contributed by atoms with Crippen molar-refractivity contribution in [3.63, 3.8) is 0 Å². The second kappa shape index (κ2) is 7.37. The van der Waals surface area contributed by atoms with Crippen molar-refractivity contribution in [1.29, 1.82) is 5.26 Å². The van der Waals surface area contributed by atoms with Crippen LogP contribution in [0.4, 0.5) is 0 Å². The zero-order valence-electron chi connectivity index (χ0n) is 20.5. The highest BCUT2D eigenvalue weighted by molar-refractivity contribution is 5.38. The molecule has 2 heteroatoms. The number of fused-ring (bicyclic) bond motifs is 4. The predicted molar refractivity (Wildman–Crippen MR) is 124 cm³/mol. The monoisotopic (exact) mass is 411 g/mol. The van der Waals surface area contributed by atoms with Crippen molar-refractivity contribution in [2.45, 2.75) is 118 Å². The van der Waals surface area contributed by atoms with Gasteiger partial charge < -0.3 is 5.11 Å². The molecule has 0 amide bonds. The van der Waals surface area contributed by atoms with Gasteiger partial charge in [-0.3, -0.25) is 0 Å². The van der Waals surface area contributed by atoms with Crippen molar-refractivity contribution in [3.8, 4) is 6.07 Å². The molecule has 0 spiro atoms. The molecule has 0 unspecified atom stereocenters. The van der Waals surface area contributed by atoms with Gasteiger partial charge in [0.05, 0.1) is 12.2 Å². The van der Waals surface area contributed by atoms with Crippen LogP contribution in [0.1, 0.15) is 112 Å². The van der Waals surface area contributed by atoms with Gasteiger partial charge in [0.2, 0.25) is 0 Å². The Bertz CT molecular complexity index is 759. The Morgan fingerprint density at radius 1 is 1.00 bits per heavy atom. The zero-order valence-corrected chi connectivity index (χ0v) is 20.5. The molecule has 0 heterocycles. The molecule has 2 nitrogen and oxygen atoms in total. The van der Waals surface area contributed by atoms with Crippen LogP contribution in [-0.2, 0) is 0 Å². The largest absolute Gasteiger partial charge is 0.393 e. The van der Waals surface area contributed by atoms with E-state index in [1.807, 2.05) is 11.1 Å². The van der Waals surface area contributed by atoms with Gasteiger partial charge in [0.15, 0.2) is 0 Å². The second-order valence-electron chi connectivity index (χ2n) is 12.8. The number of aliphatic hydroxyl groups excluding tert-OH is 1. The van der Waals surface area contributed by atoms with Gasteiger partial charge in [-0.25, -0.2) is 0 Å². The molecule has 2 fully saturated rings. The van der Waals surface area contributed by atoms with Crippen molar-refractivity contribution in [2.75, 3.05) is 0 Å². The third kappa shape index (κ3) is 2.90. The summed E-state index contributed by atoms with van der Waals surface area (Å²) in [6, 6.07) is 2.34. The molecule has 2 saturated carbocycles. The van der Waals surface area contributed by atoms with E-state index in [9.17, 15) is 5.11 Å². The van der Waals surface area contributed by atoms with Crippen LogP contribution >= 0.6 is 0 Å². The Balaban J connectivity index is 1.67. The molecule has 168 valence electrons. The van der Waals surface area contributed by atoms with Crippen LogP contribution in [0.5, 0.6) is 0 Å². The van der Waals surface area contributed by atoms with Gasteiger partial charge in [0.25, 0.3) is 0 Å². The number of hydrogen-bond acceptors (Lipinski definition) is 2.